The average molecular weight is 319 g/mol. The summed E-state index contributed by atoms with van der Waals surface area (Å²) < 4.78 is 6.90. The summed E-state index contributed by atoms with van der Waals surface area (Å²) in [5.74, 6) is -1.42. The molecule has 2 aromatic heterocycles. The lowest BCUT2D eigenvalue weighted by molar-refractivity contribution is 0.0660. The van der Waals surface area contributed by atoms with Crippen molar-refractivity contribution in [1.29, 1.82) is 0 Å². The van der Waals surface area contributed by atoms with E-state index in [0.717, 1.165) is 12.2 Å². The molecule has 0 bridgehead atoms. The number of hydrogen-bond acceptors (Lipinski definition) is 4. The molecule has 0 atom stereocenters. The lowest BCUT2D eigenvalue weighted by Gasteiger charge is -2.14. The SMILES string of the molecule is CC(C)Cn1ncc(NC(=O)c2ccc(C(=O)O)o2)c1C(C)C. The predicted molar refractivity (Wildman–Crippen MR) is 84.8 cm³/mol. The van der Waals surface area contributed by atoms with Crippen LogP contribution in [0.15, 0.2) is 22.7 Å². The van der Waals surface area contributed by atoms with Crippen molar-refractivity contribution in [2.45, 2.75) is 40.2 Å². The van der Waals surface area contributed by atoms with Gasteiger partial charge in [0.15, 0.2) is 5.76 Å². The Morgan fingerprint density at radius 3 is 2.43 bits per heavy atom. The molecule has 2 rings (SSSR count). The van der Waals surface area contributed by atoms with Gasteiger partial charge in [0.05, 0.1) is 17.6 Å². The van der Waals surface area contributed by atoms with Crippen molar-refractivity contribution >= 4 is 17.6 Å². The van der Waals surface area contributed by atoms with E-state index >= 15 is 0 Å². The molecule has 0 fully saturated rings. The lowest BCUT2D eigenvalue weighted by atomic mass is 10.1. The Bertz CT molecular complexity index is 713. The van der Waals surface area contributed by atoms with E-state index in [1.807, 2.05) is 18.5 Å². The molecule has 124 valence electrons. The first-order valence-corrected chi connectivity index (χ1v) is 7.49. The predicted octanol–water partition coefficient (Wildman–Crippen LogP) is 3.21. The van der Waals surface area contributed by atoms with Gasteiger partial charge < -0.3 is 14.8 Å². The molecule has 1 amide bonds. The fourth-order valence-electron chi connectivity index (χ4n) is 2.35. The maximum atomic E-state index is 12.2. The van der Waals surface area contributed by atoms with Crippen LogP contribution in [0.5, 0.6) is 0 Å². The van der Waals surface area contributed by atoms with E-state index in [0.29, 0.717) is 11.6 Å². The molecule has 0 saturated heterocycles. The second kappa shape index (κ2) is 6.68. The van der Waals surface area contributed by atoms with Crippen molar-refractivity contribution in [1.82, 2.24) is 9.78 Å². The van der Waals surface area contributed by atoms with Crippen LogP contribution in [0, 0.1) is 5.92 Å². The summed E-state index contributed by atoms with van der Waals surface area (Å²) in [5, 5.41) is 15.9. The van der Waals surface area contributed by atoms with Crippen molar-refractivity contribution in [2.24, 2.45) is 5.92 Å². The summed E-state index contributed by atoms with van der Waals surface area (Å²) >= 11 is 0. The Kier molecular flexibility index (Phi) is 4.88. The number of anilines is 1. The van der Waals surface area contributed by atoms with Crippen molar-refractivity contribution in [3.8, 4) is 0 Å². The highest BCUT2D eigenvalue weighted by molar-refractivity contribution is 6.03. The second-order valence-electron chi connectivity index (χ2n) is 6.10. The number of carbonyl (C=O) groups excluding carboxylic acids is 1. The van der Waals surface area contributed by atoms with Gasteiger partial charge in [-0.3, -0.25) is 9.48 Å². The summed E-state index contributed by atoms with van der Waals surface area (Å²) in [4.78, 5) is 23.0. The van der Waals surface area contributed by atoms with Gasteiger partial charge in [-0.25, -0.2) is 4.79 Å². The Balaban J connectivity index is 2.23. The Hall–Kier alpha value is -2.57. The third-order valence-electron chi connectivity index (χ3n) is 3.25. The van der Waals surface area contributed by atoms with Gasteiger partial charge >= 0.3 is 5.97 Å². The van der Waals surface area contributed by atoms with Crippen molar-refractivity contribution in [3.63, 3.8) is 0 Å². The number of aromatic carboxylic acids is 1. The van der Waals surface area contributed by atoms with E-state index in [1.54, 1.807) is 6.20 Å². The molecule has 0 unspecified atom stereocenters. The highest BCUT2D eigenvalue weighted by atomic mass is 16.4. The molecule has 0 aliphatic heterocycles. The van der Waals surface area contributed by atoms with Gasteiger partial charge in [-0.15, -0.1) is 0 Å². The van der Waals surface area contributed by atoms with Gasteiger partial charge in [0.25, 0.3) is 5.91 Å². The van der Waals surface area contributed by atoms with Crippen LogP contribution in [0.25, 0.3) is 0 Å². The van der Waals surface area contributed by atoms with Gasteiger partial charge in [0.1, 0.15) is 0 Å². The van der Waals surface area contributed by atoms with E-state index in [4.69, 9.17) is 9.52 Å². The number of hydrogen-bond donors (Lipinski definition) is 2. The zero-order chi connectivity index (χ0) is 17.1. The number of nitrogens with zero attached hydrogens (tertiary/aromatic N) is 2. The molecule has 2 N–H and O–H groups in total. The Morgan fingerprint density at radius 2 is 1.91 bits per heavy atom. The van der Waals surface area contributed by atoms with Crippen LogP contribution in [-0.2, 0) is 6.54 Å². The first-order valence-electron chi connectivity index (χ1n) is 7.49. The van der Waals surface area contributed by atoms with Crippen LogP contribution >= 0.6 is 0 Å². The summed E-state index contributed by atoms with van der Waals surface area (Å²) in [6.45, 7) is 9.01. The molecule has 2 aromatic rings. The van der Waals surface area contributed by atoms with Crippen molar-refractivity contribution in [2.75, 3.05) is 5.32 Å². The van der Waals surface area contributed by atoms with E-state index < -0.39 is 11.9 Å². The zero-order valence-corrected chi connectivity index (χ0v) is 13.7. The number of aromatic nitrogens is 2. The van der Waals surface area contributed by atoms with Crippen LogP contribution in [-0.4, -0.2) is 26.8 Å². The summed E-state index contributed by atoms with van der Waals surface area (Å²) in [7, 11) is 0. The quantitative estimate of drug-likeness (QED) is 0.852. The number of amides is 1. The summed E-state index contributed by atoms with van der Waals surface area (Å²) in [5.41, 5.74) is 1.54. The first-order chi connectivity index (χ1) is 10.8. The minimum atomic E-state index is -1.21. The molecule has 7 heteroatoms. The topological polar surface area (TPSA) is 97.4 Å². The molecule has 7 nitrogen and oxygen atoms in total. The smallest absolute Gasteiger partial charge is 0.371 e. The maximum absolute atomic E-state index is 12.2. The minimum Gasteiger partial charge on any atom is -0.475 e. The Morgan fingerprint density at radius 1 is 1.26 bits per heavy atom. The highest BCUT2D eigenvalue weighted by Crippen LogP contribution is 2.25. The fraction of sp³-hybridized carbons (Fsp3) is 0.438. The molecule has 0 saturated carbocycles. The van der Waals surface area contributed by atoms with Crippen LogP contribution in [0.4, 0.5) is 5.69 Å². The first kappa shape index (κ1) is 16.8. The van der Waals surface area contributed by atoms with Crippen molar-refractivity contribution in [3.05, 3.63) is 35.5 Å². The van der Waals surface area contributed by atoms with Gasteiger partial charge in [-0.2, -0.15) is 5.10 Å². The summed E-state index contributed by atoms with van der Waals surface area (Å²) in [6, 6.07) is 2.59. The number of nitrogens with one attached hydrogen (secondary N) is 1. The fourth-order valence-corrected chi connectivity index (χ4v) is 2.35. The maximum Gasteiger partial charge on any atom is 0.371 e. The lowest BCUT2D eigenvalue weighted by Crippen LogP contribution is -2.15. The second-order valence-corrected chi connectivity index (χ2v) is 6.10. The van der Waals surface area contributed by atoms with E-state index in [2.05, 4.69) is 24.3 Å². The number of carboxylic acids is 1. The van der Waals surface area contributed by atoms with Gasteiger partial charge in [-0.1, -0.05) is 27.7 Å². The summed E-state index contributed by atoms with van der Waals surface area (Å²) in [6.07, 6.45) is 1.61. The number of carboxylic acid groups (broad SMARTS) is 1. The monoisotopic (exact) mass is 319 g/mol. The Labute approximate surface area is 134 Å². The molecular weight excluding hydrogens is 298 g/mol. The van der Waals surface area contributed by atoms with Gasteiger partial charge in [-0.05, 0) is 24.0 Å². The molecule has 0 spiro atoms. The van der Waals surface area contributed by atoms with Gasteiger partial charge in [0, 0.05) is 6.54 Å². The van der Waals surface area contributed by atoms with Crippen LogP contribution in [0.1, 0.15) is 60.4 Å². The molecule has 0 aliphatic rings. The van der Waals surface area contributed by atoms with E-state index in [1.165, 1.54) is 12.1 Å². The molecule has 0 aromatic carbocycles. The molecule has 23 heavy (non-hydrogen) atoms. The normalized spacial score (nSPS) is 11.2. The van der Waals surface area contributed by atoms with Crippen LogP contribution < -0.4 is 5.32 Å². The average Bonchev–Trinajstić information content (AvgIpc) is 3.05. The number of carbonyl (C=O) groups is 2. The standard InChI is InChI=1S/C16H21N3O4/c1-9(2)8-19-14(10(3)4)11(7-17-19)18-15(20)12-5-6-13(23-12)16(21)22/h5-7,9-10H,8H2,1-4H3,(H,18,20)(H,21,22). The minimum absolute atomic E-state index is 0.0475. The molecule has 0 radical (unpaired) electrons. The highest BCUT2D eigenvalue weighted by Gasteiger charge is 2.20. The van der Waals surface area contributed by atoms with Crippen LogP contribution in [0.3, 0.4) is 0 Å². The zero-order valence-electron chi connectivity index (χ0n) is 13.7. The number of furan rings is 1. The van der Waals surface area contributed by atoms with E-state index in [-0.39, 0.29) is 17.4 Å². The number of rotatable bonds is 6. The molecule has 0 aliphatic carbocycles. The van der Waals surface area contributed by atoms with Crippen LogP contribution in [0.2, 0.25) is 0 Å². The molecule has 2 heterocycles. The third kappa shape index (κ3) is 3.80. The van der Waals surface area contributed by atoms with Crippen molar-refractivity contribution < 1.29 is 19.1 Å². The largest absolute Gasteiger partial charge is 0.475 e. The third-order valence-corrected chi connectivity index (χ3v) is 3.25. The molecular formula is C16H21N3O4. The van der Waals surface area contributed by atoms with Gasteiger partial charge in [0.2, 0.25) is 5.76 Å². The van der Waals surface area contributed by atoms with E-state index in [9.17, 15) is 9.59 Å².